The molecule has 1 saturated heterocycles. The number of nitrogens with zero attached hydrogens (tertiary/aromatic N) is 2. The van der Waals surface area contributed by atoms with E-state index in [1.807, 2.05) is 4.90 Å². The van der Waals surface area contributed by atoms with Crippen LogP contribution in [0, 0.1) is 0 Å². The van der Waals surface area contributed by atoms with E-state index in [0.29, 0.717) is 44.2 Å². The van der Waals surface area contributed by atoms with E-state index in [9.17, 15) is 17.2 Å². The second-order valence-electron chi connectivity index (χ2n) is 6.44. The number of ether oxygens (including phenoxy) is 1. The van der Waals surface area contributed by atoms with Gasteiger partial charge in [-0.2, -0.15) is 8.78 Å². The molecule has 0 bridgehead atoms. The summed E-state index contributed by atoms with van der Waals surface area (Å²) in [6.45, 7) is -0.626. The molecule has 0 aliphatic carbocycles. The van der Waals surface area contributed by atoms with Gasteiger partial charge < -0.3 is 20.3 Å². The molecule has 0 saturated carbocycles. The van der Waals surface area contributed by atoms with Gasteiger partial charge in [0.25, 0.3) is 0 Å². The lowest BCUT2D eigenvalue weighted by Crippen LogP contribution is -2.45. The zero-order valence-electron chi connectivity index (χ0n) is 16.0. The fourth-order valence-corrected chi connectivity index (χ4v) is 3.47. The normalized spacial score (nSPS) is 17.8. The molecule has 1 aliphatic heterocycles. The number of benzene rings is 1. The van der Waals surface area contributed by atoms with Crippen molar-refractivity contribution >= 4 is 21.7 Å². The summed E-state index contributed by atoms with van der Waals surface area (Å²) < 4.78 is 54.3. The lowest BCUT2D eigenvalue weighted by atomic mass is 10.2. The molecule has 158 valence electrons. The Kier molecular flexibility index (Phi) is 8.24. The Bertz CT molecular complexity index is 761. The number of sulfonamides is 1. The van der Waals surface area contributed by atoms with Crippen molar-refractivity contribution in [2.45, 2.75) is 25.5 Å². The number of nitrogens with one attached hydrogen (secondary N) is 3. The number of hydrogen-bond acceptors (Lipinski definition) is 5. The maximum absolute atomic E-state index is 12.6. The molecule has 3 N–H and O–H groups in total. The zero-order chi connectivity index (χ0) is 20.6. The Hall–Kier alpha value is -2.14. The molecule has 1 aromatic carbocycles. The molecule has 1 aromatic rings. The summed E-state index contributed by atoms with van der Waals surface area (Å²) in [5.74, 6) is 0.780. The third kappa shape index (κ3) is 7.47. The lowest BCUT2D eigenvalue weighted by Gasteiger charge is -2.22. The van der Waals surface area contributed by atoms with Crippen LogP contribution in [0.2, 0.25) is 0 Å². The summed E-state index contributed by atoms with van der Waals surface area (Å²) in [5, 5.41) is 6.44. The first-order valence-electron chi connectivity index (χ1n) is 8.99. The van der Waals surface area contributed by atoms with E-state index in [0.717, 1.165) is 12.7 Å². The van der Waals surface area contributed by atoms with Crippen LogP contribution in [-0.4, -0.2) is 66.5 Å². The van der Waals surface area contributed by atoms with Crippen molar-refractivity contribution in [2.24, 2.45) is 4.99 Å². The Balaban J connectivity index is 1.82. The van der Waals surface area contributed by atoms with Gasteiger partial charge in [0, 0.05) is 39.3 Å². The molecule has 2 rings (SSSR count). The van der Waals surface area contributed by atoms with Crippen LogP contribution in [-0.2, 0) is 10.0 Å². The van der Waals surface area contributed by atoms with E-state index < -0.39 is 16.6 Å². The fourth-order valence-electron chi connectivity index (χ4n) is 2.95. The maximum Gasteiger partial charge on any atom is 0.387 e. The van der Waals surface area contributed by atoms with E-state index in [2.05, 4.69) is 25.1 Å². The third-order valence-electron chi connectivity index (χ3n) is 4.18. The van der Waals surface area contributed by atoms with Crippen LogP contribution in [0.15, 0.2) is 29.3 Å². The molecule has 28 heavy (non-hydrogen) atoms. The van der Waals surface area contributed by atoms with Crippen LogP contribution in [0.4, 0.5) is 14.5 Å². The largest absolute Gasteiger partial charge is 0.433 e. The van der Waals surface area contributed by atoms with Crippen LogP contribution in [0.5, 0.6) is 5.75 Å². The van der Waals surface area contributed by atoms with E-state index in [1.165, 1.54) is 6.07 Å². The van der Waals surface area contributed by atoms with Crippen LogP contribution in [0.1, 0.15) is 12.8 Å². The first-order valence-corrected chi connectivity index (χ1v) is 10.9. The monoisotopic (exact) mass is 419 g/mol. The second kappa shape index (κ2) is 10.4. The minimum atomic E-state index is -3.18. The first kappa shape index (κ1) is 22.2. The van der Waals surface area contributed by atoms with Gasteiger partial charge in [0.15, 0.2) is 5.96 Å². The van der Waals surface area contributed by atoms with Crippen LogP contribution >= 0.6 is 0 Å². The molecule has 0 radical (unpaired) electrons. The average Bonchev–Trinajstić information content (AvgIpc) is 3.07. The second-order valence-corrected chi connectivity index (χ2v) is 8.27. The zero-order valence-corrected chi connectivity index (χ0v) is 16.8. The highest BCUT2D eigenvalue weighted by Crippen LogP contribution is 2.31. The predicted octanol–water partition coefficient (Wildman–Crippen LogP) is 0.971. The van der Waals surface area contributed by atoms with E-state index in [4.69, 9.17) is 0 Å². The van der Waals surface area contributed by atoms with Gasteiger partial charge in [-0.05, 0) is 25.0 Å². The van der Waals surface area contributed by atoms with Crippen LogP contribution in [0.3, 0.4) is 0 Å². The minimum absolute atomic E-state index is 0.0972. The van der Waals surface area contributed by atoms with Gasteiger partial charge in [-0.1, -0.05) is 12.1 Å². The van der Waals surface area contributed by atoms with Gasteiger partial charge >= 0.3 is 6.61 Å². The number of aliphatic imine (C=N–C) groups is 1. The summed E-state index contributed by atoms with van der Waals surface area (Å²) in [6.07, 6.45) is 2.56. The molecule has 1 unspecified atom stereocenters. The molecule has 1 aliphatic rings. The van der Waals surface area contributed by atoms with E-state index >= 15 is 0 Å². The quantitative estimate of drug-likeness (QED) is 0.314. The van der Waals surface area contributed by atoms with E-state index in [1.54, 1.807) is 25.2 Å². The standard InChI is InChI=1S/C17H27F2N5O3S/c1-20-17(21-9-5-10-22-28(2,25)26)23-13-8-11-24(12-13)14-6-3-4-7-15(14)27-16(18)19/h3-4,6-7,13,16,22H,5,8-12H2,1-2H3,(H2,20,21,23). The number of rotatable bonds is 9. The van der Waals surface area contributed by atoms with Gasteiger partial charge in [0.2, 0.25) is 10.0 Å². The molecule has 1 fully saturated rings. The summed E-state index contributed by atoms with van der Waals surface area (Å²) in [7, 11) is -1.52. The first-order chi connectivity index (χ1) is 13.3. The predicted molar refractivity (Wildman–Crippen MR) is 106 cm³/mol. The van der Waals surface area contributed by atoms with Gasteiger partial charge in [-0.15, -0.1) is 0 Å². The molecular weight excluding hydrogens is 392 g/mol. The molecule has 1 atom stereocenters. The average molecular weight is 419 g/mol. The Morgan fingerprint density at radius 1 is 1.36 bits per heavy atom. The number of alkyl halides is 2. The van der Waals surface area contributed by atoms with Gasteiger partial charge in [0.1, 0.15) is 5.75 Å². The highest BCUT2D eigenvalue weighted by Gasteiger charge is 2.25. The van der Waals surface area contributed by atoms with Crippen molar-refractivity contribution in [3.05, 3.63) is 24.3 Å². The van der Waals surface area contributed by atoms with Crippen LogP contribution in [0.25, 0.3) is 0 Å². The maximum atomic E-state index is 12.6. The molecule has 0 spiro atoms. The highest BCUT2D eigenvalue weighted by atomic mass is 32.2. The van der Waals surface area contributed by atoms with Crippen LogP contribution < -0.4 is 25.0 Å². The van der Waals surface area contributed by atoms with Crippen molar-refractivity contribution < 1.29 is 21.9 Å². The molecule has 1 heterocycles. The SMILES string of the molecule is CN=C(NCCCNS(C)(=O)=O)NC1CCN(c2ccccc2OC(F)F)C1. The fraction of sp³-hybridized carbons (Fsp3) is 0.588. The molecule has 11 heteroatoms. The Labute approximate surface area is 164 Å². The Morgan fingerprint density at radius 3 is 2.79 bits per heavy atom. The smallest absolute Gasteiger partial charge is 0.387 e. The van der Waals surface area contributed by atoms with Crippen molar-refractivity contribution in [1.29, 1.82) is 0 Å². The summed E-state index contributed by atoms with van der Waals surface area (Å²) in [5.41, 5.74) is 0.641. The van der Waals surface area contributed by atoms with Crippen molar-refractivity contribution in [2.75, 3.05) is 44.4 Å². The van der Waals surface area contributed by atoms with Gasteiger partial charge in [-0.3, -0.25) is 4.99 Å². The van der Waals surface area contributed by atoms with Crippen molar-refractivity contribution in [1.82, 2.24) is 15.4 Å². The van der Waals surface area contributed by atoms with Gasteiger partial charge in [-0.25, -0.2) is 13.1 Å². The van der Waals surface area contributed by atoms with Crippen molar-refractivity contribution in [3.8, 4) is 5.75 Å². The lowest BCUT2D eigenvalue weighted by molar-refractivity contribution is -0.0495. The summed E-state index contributed by atoms with van der Waals surface area (Å²) in [4.78, 5) is 6.16. The number of hydrogen-bond donors (Lipinski definition) is 3. The Morgan fingerprint density at radius 2 is 2.11 bits per heavy atom. The van der Waals surface area contributed by atoms with E-state index in [-0.39, 0.29) is 11.8 Å². The molecular formula is C17H27F2N5O3S. The topological polar surface area (TPSA) is 95.1 Å². The number of guanidine groups is 1. The molecule has 0 amide bonds. The number of halogens is 2. The highest BCUT2D eigenvalue weighted by molar-refractivity contribution is 7.88. The number of anilines is 1. The summed E-state index contributed by atoms with van der Waals surface area (Å²) in [6, 6.07) is 6.85. The minimum Gasteiger partial charge on any atom is -0.433 e. The van der Waals surface area contributed by atoms with Gasteiger partial charge in [0.05, 0.1) is 11.9 Å². The summed E-state index contributed by atoms with van der Waals surface area (Å²) >= 11 is 0. The molecule has 8 nitrogen and oxygen atoms in total. The molecule has 0 aromatic heterocycles. The number of para-hydroxylation sites is 2. The van der Waals surface area contributed by atoms with Crippen molar-refractivity contribution in [3.63, 3.8) is 0 Å². The third-order valence-corrected chi connectivity index (χ3v) is 4.91.